The lowest BCUT2D eigenvalue weighted by Gasteiger charge is -2.20. The van der Waals surface area contributed by atoms with Crippen molar-refractivity contribution in [2.75, 3.05) is 25.1 Å². The maximum atomic E-state index is 12.4. The van der Waals surface area contributed by atoms with Crippen LogP contribution in [0.2, 0.25) is 0 Å². The second kappa shape index (κ2) is 8.87. The van der Waals surface area contributed by atoms with Gasteiger partial charge in [0.1, 0.15) is 5.75 Å². The molecule has 0 saturated heterocycles. The quantitative estimate of drug-likeness (QED) is 0.823. The molecule has 0 bridgehead atoms. The highest BCUT2D eigenvalue weighted by molar-refractivity contribution is 6.40. The minimum Gasteiger partial charge on any atom is -0.496 e. The second-order valence-electron chi connectivity index (χ2n) is 5.71. The standard InChI is InChI=1S/C20H24N2O3/c1-4-22(17-10-7-8-15(2)14-17)20(24)19(23)21-13-12-16-9-5-6-11-18(16)25-3/h5-11,14H,4,12-13H2,1-3H3,(H,21,23). The number of nitrogens with one attached hydrogen (secondary N) is 1. The van der Waals surface area contributed by atoms with E-state index >= 15 is 0 Å². The zero-order valence-corrected chi connectivity index (χ0v) is 14.9. The summed E-state index contributed by atoms with van der Waals surface area (Å²) >= 11 is 0. The average Bonchev–Trinajstić information content (AvgIpc) is 2.62. The van der Waals surface area contributed by atoms with Crippen LogP contribution >= 0.6 is 0 Å². The Bertz CT molecular complexity index is 743. The number of para-hydroxylation sites is 1. The Balaban J connectivity index is 1.96. The van der Waals surface area contributed by atoms with E-state index in [-0.39, 0.29) is 0 Å². The Hall–Kier alpha value is -2.82. The van der Waals surface area contributed by atoms with Crippen LogP contribution < -0.4 is 15.0 Å². The molecule has 0 unspecified atom stereocenters. The van der Waals surface area contributed by atoms with Crippen molar-refractivity contribution in [3.05, 3.63) is 59.7 Å². The van der Waals surface area contributed by atoms with Gasteiger partial charge in [-0.1, -0.05) is 30.3 Å². The van der Waals surface area contributed by atoms with Gasteiger partial charge in [0.25, 0.3) is 0 Å². The first-order valence-corrected chi connectivity index (χ1v) is 8.35. The van der Waals surface area contributed by atoms with Gasteiger partial charge >= 0.3 is 11.8 Å². The zero-order chi connectivity index (χ0) is 18.2. The predicted molar refractivity (Wildman–Crippen MR) is 98.9 cm³/mol. The Kier molecular flexibility index (Phi) is 6.57. The smallest absolute Gasteiger partial charge is 0.316 e. The van der Waals surface area contributed by atoms with Crippen LogP contribution in [0.1, 0.15) is 18.1 Å². The van der Waals surface area contributed by atoms with Gasteiger partial charge in [0, 0.05) is 18.8 Å². The lowest BCUT2D eigenvalue weighted by Crippen LogP contribution is -2.43. The molecule has 0 fully saturated rings. The van der Waals surface area contributed by atoms with Crippen molar-refractivity contribution in [1.29, 1.82) is 0 Å². The summed E-state index contributed by atoms with van der Waals surface area (Å²) < 4.78 is 5.29. The maximum absolute atomic E-state index is 12.4. The SMILES string of the molecule is CCN(C(=O)C(=O)NCCc1ccccc1OC)c1cccc(C)c1. The first kappa shape index (κ1) is 18.5. The number of rotatable bonds is 6. The predicted octanol–water partition coefficient (Wildman–Crippen LogP) is 2.72. The third-order valence-electron chi connectivity index (χ3n) is 3.94. The lowest BCUT2D eigenvalue weighted by molar-refractivity contribution is -0.137. The van der Waals surface area contributed by atoms with Gasteiger partial charge < -0.3 is 15.0 Å². The maximum Gasteiger partial charge on any atom is 0.316 e. The van der Waals surface area contributed by atoms with Crippen LogP contribution in [0.3, 0.4) is 0 Å². The van der Waals surface area contributed by atoms with Gasteiger partial charge in [-0.3, -0.25) is 9.59 Å². The van der Waals surface area contributed by atoms with Gasteiger partial charge in [0.05, 0.1) is 7.11 Å². The normalized spacial score (nSPS) is 10.2. The molecule has 2 amide bonds. The molecule has 0 aliphatic carbocycles. The number of carbonyl (C=O) groups is 2. The van der Waals surface area contributed by atoms with Gasteiger partial charge in [-0.2, -0.15) is 0 Å². The largest absolute Gasteiger partial charge is 0.496 e. The van der Waals surface area contributed by atoms with Crippen LogP contribution in [0.25, 0.3) is 0 Å². The van der Waals surface area contributed by atoms with Gasteiger partial charge in [-0.25, -0.2) is 0 Å². The van der Waals surface area contributed by atoms with Crippen LogP contribution in [0, 0.1) is 6.92 Å². The van der Waals surface area contributed by atoms with E-state index in [1.807, 2.05) is 62.4 Å². The topological polar surface area (TPSA) is 58.6 Å². The van der Waals surface area contributed by atoms with Crippen molar-refractivity contribution in [3.63, 3.8) is 0 Å². The summed E-state index contributed by atoms with van der Waals surface area (Å²) in [5, 5.41) is 2.70. The van der Waals surface area contributed by atoms with Crippen LogP contribution in [0.15, 0.2) is 48.5 Å². The minimum absolute atomic E-state index is 0.371. The summed E-state index contributed by atoms with van der Waals surface area (Å²) in [7, 11) is 1.61. The molecular weight excluding hydrogens is 316 g/mol. The Labute approximate surface area is 148 Å². The molecule has 0 spiro atoms. The number of carbonyl (C=O) groups excluding carboxylic acids is 2. The zero-order valence-electron chi connectivity index (χ0n) is 14.9. The van der Waals surface area contributed by atoms with E-state index < -0.39 is 11.8 Å². The number of anilines is 1. The van der Waals surface area contributed by atoms with E-state index in [9.17, 15) is 9.59 Å². The Morgan fingerprint density at radius 2 is 1.88 bits per heavy atom. The number of hydrogen-bond donors (Lipinski definition) is 1. The molecule has 25 heavy (non-hydrogen) atoms. The molecule has 0 aliphatic heterocycles. The monoisotopic (exact) mass is 340 g/mol. The fraction of sp³-hybridized carbons (Fsp3) is 0.300. The molecule has 0 aromatic heterocycles. The van der Waals surface area contributed by atoms with E-state index in [1.54, 1.807) is 7.11 Å². The van der Waals surface area contributed by atoms with Crippen molar-refractivity contribution in [2.24, 2.45) is 0 Å². The summed E-state index contributed by atoms with van der Waals surface area (Å²) in [6.07, 6.45) is 0.597. The number of hydrogen-bond acceptors (Lipinski definition) is 3. The molecule has 2 aromatic carbocycles. The average molecular weight is 340 g/mol. The number of benzene rings is 2. The van der Waals surface area contributed by atoms with E-state index in [1.165, 1.54) is 4.90 Å². The third-order valence-corrected chi connectivity index (χ3v) is 3.94. The number of amides is 2. The summed E-state index contributed by atoms with van der Waals surface area (Å²) in [5.74, 6) is -0.371. The molecule has 0 saturated carbocycles. The van der Waals surface area contributed by atoms with E-state index in [0.717, 1.165) is 22.6 Å². The molecule has 5 nitrogen and oxygen atoms in total. The van der Waals surface area contributed by atoms with Gasteiger partial charge in [-0.15, -0.1) is 0 Å². The summed E-state index contributed by atoms with van der Waals surface area (Å²) in [6, 6.07) is 15.2. The van der Waals surface area contributed by atoms with E-state index in [4.69, 9.17) is 4.74 Å². The number of likely N-dealkylation sites (N-methyl/N-ethyl adjacent to an activating group) is 1. The number of nitrogens with zero attached hydrogens (tertiary/aromatic N) is 1. The van der Waals surface area contributed by atoms with Crippen LogP contribution in [0.4, 0.5) is 5.69 Å². The minimum atomic E-state index is -0.599. The number of aryl methyl sites for hydroxylation is 1. The summed E-state index contributed by atoms with van der Waals surface area (Å²) in [4.78, 5) is 26.1. The highest BCUT2D eigenvalue weighted by atomic mass is 16.5. The highest BCUT2D eigenvalue weighted by Crippen LogP contribution is 2.18. The lowest BCUT2D eigenvalue weighted by atomic mass is 10.1. The molecule has 0 radical (unpaired) electrons. The molecule has 0 heterocycles. The van der Waals surface area contributed by atoms with Crippen molar-refractivity contribution in [3.8, 4) is 5.75 Å². The first-order valence-electron chi connectivity index (χ1n) is 8.35. The molecule has 0 aliphatic rings. The first-order chi connectivity index (χ1) is 12.1. The van der Waals surface area contributed by atoms with Gasteiger partial charge in [-0.05, 0) is 49.6 Å². The molecule has 2 rings (SSSR count). The van der Waals surface area contributed by atoms with Crippen LogP contribution in [-0.2, 0) is 16.0 Å². The van der Waals surface area contributed by atoms with Crippen molar-refractivity contribution in [1.82, 2.24) is 5.32 Å². The highest BCUT2D eigenvalue weighted by Gasteiger charge is 2.21. The second-order valence-corrected chi connectivity index (χ2v) is 5.71. The number of methoxy groups -OCH3 is 1. The van der Waals surface area contributed by atoms with Crippen LogP contribution in [0.5, 0.6) is 5.75 Å². The fourth-order valence-electron chi connectivity index (χ4n) is 2.66. The van der Waals surface area contributed by atoms with Crippen molar-refractivity contribution < 1.29 is 14.3 Å². The molecule has 0 atom stereocenters. The van der Waals surface area contributed by atoms with Crippen molar-refractivity contribution >= 4 is 17.5 Å². The molecule has 5 heteroatoms. The van der Waals surface area contributed by atoms with Crippen molar-refractivity contribution in [2.45, 2.75) is 20.3 Å². The molecule has 2 aromatic rings. The molecular formula is C20H24N2O3. The molecule has 1 N–H and O–H groups in total. The van der Waals surface area contributed by atoms with E-state index in [0.29, 0.717) is 19.5 Å². The van der Waals surface area contributed by atoms with Crippen LogP contribution in [-0.4, -0.2) is 32.0 Å². The van der Waals surface area contributed by atoms with Gasteiger partial charge in [0.2, 0.25) is 0 Å². The number of ether oxygens (including phenoxy) is 1. The molecule has 132 valence electrons. The van der Waals surface area contributed by atoms with E-state index in [2.05, 4.69) is 5.32 Å². The fourth-order valence-corrected chi connectivity index (χ4v) is 2.66. The summed E-state index contributed by atoms with van der Waals surface area (Å²) in [6.45, 7) is 4.61. The Morgan fingerprint density at radius 1 is 1.12 bits per heavy atom. The van der Waals surface area contributed by atoms with Gasteiger partial charge in [0.15, 0.2) is 0 Å². The third kappa shape index (κ3) is 4.83. The summed E-state index contributed by atoms with van der Waals surface area (Å²) in [5.41, 5.74) is 2.76. The Morgan fingerprint density at radius 3 is 2.56 bits per heavy atom.